The fraction of sp³-hybridized carbons (Fsp3) is 0.286. The molecule has 7 nitrogen and oxygen atoms in total. The fourth-order valence-electron chi connectivity index (χ4n) is 1.82. The summed E-state index contributed by atoms with van der Waals surface area (Å²) in [6, 6.07) is 5.88. The molecule has 3 aromatic rings. The van der Waals surface area contributed by atoms with E-state index in [2.05, 4.69) is 30.9 Å². The maximum atomic E-state index is 10.6. The third kappa shape index (κ3) is 2.77. The summed E-state index contributed by atoms with van der Waals surface area (Å²) in [4.78, 5) is 15.4. The largest absolute Gasteiger partial charge is 0.430 e. The number of nitro benzene ring substituents is 1. The van der Waals surface area contributed by atoms with E-state index < -0.39 is 4.92 Å². The molecule has 114 valence electrons. The van der Waals surface area contributed by atoms with Crippen LogP contribution in [0.3, 0.4) is 0 Å². The van der Waals surface area contributed by atoms with Crippen LogP contribution >= 0.6 is 11.3 Å². The number of aromatic nitrogens is 3. The molecule has 3 rings (SSSR count). The van der Waals surface area contributed by atoms with E-state index in [1.54, 1.807) is 16.6 Å². The minimum atomic E-state index is -0.449. The summed E-state index contributed by atoms with van der Waals surface area (Å²) in [7, 11) is 0. The predicted molar refractivity (Wildman–Crippen MR) is 82.7 cm³/mol. The number of rotatable bonds is 3. The highest BCUT2D eigenvalue weighted by Gasteiger charge is 2.19. The van der Waals surface area contributed by atoms with Crippen LogP contribution < -0.4 is 4.74 Å². The van der Waals surface area contributed by atoms with Crippen molar-refractivity contribution in [3.63, 3.8) is 0 Å². The Morgan fingerprint density at radius 2 is 1.95 bits per heavy atom. The van der Waals surface area contributed by atoms with E-state index in [4.69, 9.17) is 4.74 Å². The molecule has 2 heterocycles. The van der Waals surface area contributed by atoms with Crippen molar-refractivity contribution in [3.05, 3.63) is 46.3 Å². The highest BCUT2D eigenvalue weighted by molar-refractivity contribution is 7.18. The van der Waals surface area contributed by atoms with Crippen molar-refractivity contribution in [2.75, 3.05) is 0 Å². The number of benzene rings is 1. The van der Waals surface area contributed by atoms with Crippen molar-refractivity contribution >= 4 is 22.0 Å². The van der Waals surface area contributed by atoms with Gasteiger partial charge in [0.25, 0.3) is 10.9 Å². The number of non-ortho nitro benzene ring substituents is 1. The molecule has 0 bridgehead atoms. The molecule has 0 aliphatic heterocycles. The van der Waals surface area contributed by atoms with Gasteiger partial charge in [0.05, 0.1) is 16.8 Å². The monoisotopic (exact) mass is 318 g/mol. The van der Waals surface area contributed by atoms with Crippen LogP contribution in [0.5, 0.6) is 10.9 Å². The van der Waals surface area contributed by atoms with Crippen LogP contribution in [-0.4, -0.2) is 19.5 Å². The second-order valence-corrected chi connectivity index (χ2v) is 6.74. The zero-order valence-electron chi connectivity index (χ0n) is 12.3. The van der Waals surface area contributed by atoms with Crippen LogP contribution in [-0.2, 0) is 5.41 Å². The van der Waals surface area contributed by atoms with Gasteiger partial charge in [0.15, 0.2) is 0 Å². The molecule has 0 aliphatic carbocycles. The quantitative estimate of drug-likeness (QED) is 0.542. The van der Waals surface area contributed by atoms with Crippen LogP contribution in [0.2, 0.25) is 0 Å². The van der Waals surface area contributed by atoms with Crippen molar-refractivity contribution in [1.82, 2.24) is 14.6 Å². The first-order valence-corrected chi connectivity index (χ1v) is 7.43. The Morgan fingerprint density at radius 1 is 1.27 bits per heavy atom. The van der Waals surface area contributed by atoms with E-state index in [1.165, 1.54) is 23.5 Å². The van der Waals surface area contributed by atoms with Gasteiger partial charge in [-0.3, -0.25) is 10.1 Å². The molecule has 22 heavy (non-hydrogen) atoms. The second kappa shape index (κ2) is 5.06. The zero-order valence-corrected chi connectivity index (χ0v) is 13.1. The molecule has 0 unspecified atom stereocenters. The van der Waals surface area contributed by atoms with Gasteiger partial charge < -0.3 is 4.74 Å². The number of hydrogen-bond donors (Lipinski definition) is 0. The molecule has 0 saturated carbocycles. The molecular formula is C14H14N4O3S. The van der Waals surface area contributed by atoms with E-state index in [0.29, 0.717) is 10.9 Å². The average molecular weight is 318 g/mol. The molecule has 0 radical (unpaired) electrons. The normalized spacial score (nSPS) is 11.8. The summed E-state index contributed by atoms with van der Waals surface area (Å²) < 4.78 is 7.29. The lowest BCUT2D eigenvalue weighted by molar-refractivity contribution is -0.384. The van der Waals surface area contributed by atoms with Crippen LogP contribution in [0.25, 0.3) is 4.96 Å². The first-order chi connectivity index (χ1) is 10.3. The summed E-state index contributed by atoms with van der Waals surface area (Å²) in [5, 5.41) is 15.4. The van der Waals surface area contributed by atoms with Crippen molar-refractivity contribution in [3.8, 4) is 10.9 Å². The fourth-order valence-corrected chi connectivity index (χ4v) is 2.58. The molecule has 0 atom stereocenters. The summed E-state index contributed by atoms with van der Waals surface area (Å²) in [6.07, 6.45) is 1.88. The molecule has 0 amide bonds. The maximum absolute atomic E-state index is 10.6. The van der Waals surface area contributed by atoms with Gasteiger partial charge in [-0.15, -0.1) is 5.10 Å². The molecule has 2 aromatic heterocycles. The number of nitrogens with zero attached hydrogens (tertiary/aromatic N) is 4. The van der Waals surface area contributed by atoms with E-state index in [0.717, 1.165) is 10.7 Å². The third-order valence-corrected chi connectivity index (χ3v) is 3.85. The SMILES string of the molecule is CC(C)(C)c1cn2nc(Oc3ccc([N+](=O)[O-])cc3)sc2n1. The molecule has 0 saturated heterocycles. The Kier molecular flexibility index (Phi) is 3.32. The van der Waals surface area contributed by atoms with Crippen molar-refractivity contribution in [2.24, 2.45) is 0 Å². The number of fused-ring (bicyclic) bond motifs is 1. The van der Waals surface area contributed by atoms with Gasteiger partial charge in [0.1, 0.15) is 5.75 Å². The summed E-state index contributed by atoms with van der Waals surface area (Å²) in [6.45, 7) is 6.27. The van der Waals surface area contributed by atoms with Gasteiger partial charge in [-0.1, -0.05) is 20.8 Å². The minimum Gasteiger partial charge on any atom is -0.430 e. The third-order valence-electron chi connectivity index (χ3n) is 3.05. The number of nitro groups is 1. The topological polar surface area (TPSA) is 82.6 Å². The van der Waals surface area contributed by atoms with Crippen molar-refractivity contribution < 1.29 is 9.66 Å². The Balaban J connectivity index is 1.82. The number of imidazole rings is 1. The highest BCUT2D eigenvalue weighted by Crippen LogP contribution is 2.30. The van der Waals surface area contributed by atoms with Crippen LogP contribution in [0.1, 0.15) is 26.5 Å². The van der Waals surface area contributed by atoms with Gasteiger partial charge in [0.2, 0.25) is 4.96 Å². The molecule has 1 aromatic carbocycles. The maximum Gasteiger partial charge on any atom is 0.299 e. The van der Waals surface area contributed by atoms with Gasteiger partial charge >= 0.3 is 0 Å². The van der Waals surface area contributed by atoms with E-state index in [9.17, 15) is 10.1 Å². The Bertz CT molecular complexity index is 799. The van der Waals surface area contributed by atoms with Crippen LogP contribution in [0.15, 0.2) is 30.5 Å². The van der Waals surface area contributed by atoms with E-state index >= 15 is 0 Å². The molecule has 0 N–H and O–H groups in total. The Morgan fingerprint density at radius 3 is 2.50 bits per heavy atom. The van der Waals surface area contributed by atoms with Crippen molar-refractivity contribution in [1.29, 1.82) is 0 Å². The Labute approximate surface area is 130 Å². The van der Waals surface area contributed by atoms with Crippen molar-refractivity contribution in [2.45, 2.75) is 26.2 Å². The summed E-state index contributed by atoms with van der Waals surface area (Å²) in [5.41, 5.74) is 0.955. The first kappa shape index (κ1) is 14.5. The summed E-state index contributed by atoms with van der Waals surface area (Å²) in [5.74, 6) is 0.499. The lowest BCUT2D eigenvalue weighted by atomic mass is 9.93. The van der Waals surface area contributed by atoms with Crippen LogP contribution in [0.4, 0.5) is 5.69 Å². The first-order valence-electron chi connectivity index (χ1n) is 6.62. The van der Waals surface area contributed by atoms with Gasteiger partial charge in [-0.05, 0) is 23.5 Å². The summed E-state index contributed by atoms with van der Waals surface area (Å²) >= 11 is 1.32. The van der Waals surface area contributed by atoms with E-state index in [1.807, 2.05) is 6.20 Å². The van der Waals surface area contributed by atoms with Gasteiger partial charge in [-0.2, -0.15) is 0 Å². The smallest absolute Gasteiger partial charge is 0.299 e. The lowest BCUT2D eigenvalue weighted by Crippen LogP contribution is -2.11. The minimum absolute atomic E-state index is 0.0242. The van der Waals surface area contributed by atoms with Gasteiger partial charge in [-0.25, -0.2) is 9.50 Å². The molecule has 0 aliphatic rings. The lowest BCUT2D eigenvalue weighted by Gasteiger charge is -2.13. The average Bonchev–Trinajstić information content (AvgIpc) is 2.96. The highest BCUT2D eigenvalue weighted by atomic mass is 32.1. The zero-order chi connectivity index (χ0) is 15.9. The molecular weight excluding hydrogens is 304 g/mol. The number of ether oxygens (including phenoxy) is 1. The molecule has 0 spiro atoms. The standard InChI is InChI=1S/C14H14N4O3S/c1-14(2,3)11-8-17-12(15-11)22-13(16-17)21-10-6-4-9(5-7-10)18(19)20/h4-8H,1-3H3. The van der Waals surface area contributed by atoms with Gasteiger partial charge in [0, 0.05) is 17.5 Å². The Hall–Kier alpha value is -2.48. The predicted octanol–water partition coefficient (Wildman–Crippen LogP) is 3.79. The molecule has 0 fully saturated rings. The second-order valence-electron chi connectivity index (χ2n) is 5.82. The van der Waals surface area contributed by atoms with E-state index in [-0.39, 0.29) is 11.1 Å². The number of hydrogen-bond acceptors (Lipinski definition) is 6. The molecule has 8 heteroatoms. The van der Waals surface area contributed by atoms with Crippen LogP contribution in [0, 0.1) is 10.1 Å².